The highest BCUT2D eigenvalue weighted by atomic mass is 16.6. The van der Waals surface area contributed by atoms with Gasteiger partial charge in [-0.3, -0.25) is 9.88 Å². The lowest BCUT2D eigenvalue weighted by molar-refractivity contribution is -0.0380. The number of amides is 1. The Kier molecular flexibility index (Phi) is 3.03. The Morgan fingerprint density at radius 2 is 2.00 bits per heavy atom. The molecule has 20 heavy (non-hydrogen) atoms. The number of nitrogens with zero attached hydrogens (tertiary/aromatic N) is 4. The van der Waals surface area contributed by atoms with Gasteiger partial charge in [0.05, 0.1) is 18.3 Å². The fourth-order valence-electron chi connectivity index (χ4n) is 2.86. The predicted molar refractivity (Wildman–Crippen MR) is 74.5 cm³/mol. The molecule has 2 atom stereocenters. The van der Waals surface area contributed by atoms with Crippen molar-refractivity contribution >= 4 is 11.9 Å². The van der Waals surface area contributed by atoms with Crippen LogP contribution in [0.5, 0.6) is 0 Å². The molecule has 1 amide bonds. The first-order chi connectivity index (χ1) is 9.44. The number of anilines is 1. The third-order valence-corrected chi connectivity index (χ3v) is 3.67. The first-order valence-corrected chi connectivity index (χ1v) is 6.96. The summed E-state index contributed by atoms with van der Waals surface area (Å²) in [6.45, 7) is 7.29. The standard InChI is InChI=1S/C14H20N4O2/c1-14(2,3)20-13(19)18-10-6-11(18)9-17(8-10)12-7-15-4-5-16-12/h4-5,7,10-11H,6,8-9H2,1-3H3. The third-order valence-electron chi connectivity index (χ3n) is 3.67. The molecule has 4 rings (SSSR count). The van der Waals surface area contributed by atoms with Crippen LogP contribution in [0.25, 0.3) is 0 Å². The van der Waals surface area contributed by atoms with Gasteiger partial charge in [0.2, 0.25) is 0 Å². The first kappa shape index (κ1) is 13.1. The second-order valence-electron chi connectivity index (χ2n) is 6.40. The van der Waals surface area contributed by atoms with Crippen LogP contribution in [-0.2, 0) is 4.74 Å². The molecule has 0 radical (unpaired) electrons. The van der Waals surface area contributed by atoms with Crippen molar-refractivity contribution in [3.05, 3.63) is 18.6 Å². The average molecular weight is 276 g/mol. The maximum absolute atomic E-state index is 12.2. The van der Waals surface area contributed by atoms with Crippen LogP contribution in [0.4, 0.5) is 10.6 Å². The van der Waals surface area contributed by atoms with Gasteiger partial charge in [-0.1, -0.05) is 0 Å². The Bertz CT molecular complexity index is 488. The van der Waals surface area contributed by atoms with E-state index in [4.69, 9.17) is 4.74 Å². The minimum Gasteiger partial charge on any atom is -0.444 e. The monoisotopic (exact) mass is 276 g/mol. The summed E-state index contributed by atoms with van der Waals surface area (Å²) in [7, 11) is 0. The lowest BCUT2D eigenvalue weighted by Crippen LogP contribution is -2.70. The van der Waals surface area contributed by atoms with Crippen molar-refractivity contribution in [2.75, 3.05) is 18.0 Å². The van der Waals surface area contributed by atoms with Crippen LogP contribution in [0.3, 0.4) is 0 Å². The maximum atomic E-state index is 12.2. The Morgan fingerprint density at radius 1 is 1.30 bits per heavy atom. The molecule has 4 heterocycles. The Morgan fingerprint density at radius 3 is 2.55 bits per heavy atom. The minimum atomic E-state index is -0.439. The second kappa shape index (κ2) is 4.61. The van der Waals surface area contributed by atoms with Gasteiger partial charge in [0.25, 0.3) is 0 Å². The lowest BCUT2D eigenvalue weighted by Gasteiger charge is -2.55. The molecule has 6 heteroatoms. The number of aromatic nitrogens is 2. The number of carbonyl (C=O) groups is 1. The number of ether oxygens (including phenoxy) is 1. The van der Waals surface area contributed by atoms with Gasteiger partial charge in [-0.05, 0) is 27.2 Å². The molecule has 3 aliphatic heterocycles. The summed E-state index contributed by atoms with van der Waals surface area (Å²) in [5, 5.41) is 0. The molecule has 1 aromatic rings. The van der Waals surface area contributed by atoms with E-state index in [0.717, 1.165) is 25.3 Å². The zero-order valence-electron chi connectivity index (χ0n) is 12.1. The van der Waals surface area contributed by atoms with E-state index in [0.29, 0.717) is 0 Å². The maximum Gasteiger partial charge on any atom is 0.410 e. The zero-order chi connectivity index (χ0) is 14.3. The SMILES string of the molecule is CC(C)(C)OC(=O)N1C2CC1CN(c1cnccn1)C2. The lowest BCUT2D eigenvalue weighted by atomic mass is 9.88. The van der Waals surface area contributed by atoms with Crippen LogP contribution in [0.2, 0.25) is 0 Å². The van der Waals surface area contributed by atoms with E-state index >= 15 is 0 Å². The van der Waals surface area contributed by atoms with Crippen LogP contribution in [0, 0.1) is 0 Å². The van der Waals surface area contributed by atoms with E-state index in [1.54, 1.807) is 18.6 Å². The van der Waals surface area contributed by atoms with Gasteiger partial charge in [-0.2, -0.15) is 0 Å². The summed E-state index contributed by atoms with van der Waals surface area (Å²) in [5.41, 5.74) is -0.439. The Hall–Kier alpha value is -1.85. The van der Waals surface area contributed by atoms with Crippen molar-refractivity contribution in [3.8, 4) is 0 Å². The van der Waals surface area contributed by atoms with E-state index in [-0.39, 0.29) is 18.2 Å². The summed E-state index contributed by atoms with van der Waals surface area (Å²) in [6, 6.07) is 0.455. The fraction of sp³-hybridized carbons (Fsp3) is 0.643. The van der Waals surface area contributed by atoms with Crippen molar-refractivity contribution in [2.24, 2.45) is 0 Å². The fourth-order valence-corrected chi connectivity index (χ4v) is 2.86. The number of carbonyl (C=O) groups excluding carboxylic acids is 1. The molecule has 0 N–H and O–H groups in total. The predicted octanol–water partition coefficient (Wildman–Crippen LogP) is 1.67. The van der Waals surface area contributed by atoms with Crippen molar-refractivity contribution in [2.45, 2.75) is 44.9 Å². The molecule has 3 saturated heterocycles. The van der Waals surface area contributed by atoms with Crippen LogP contribution < -0.4 is 4.90 Å². The Balaban J connectivity index is 1.64. The van der Waals surface area contributed by atoms with Crippen molar-refractivity contribution in [1.82, 2.24) is 14.9 Å². The summed E-state index contributed by atoms with van der Waals surface area (Å²) in [5.74, 6) is 0.881. The number of piperazine rings is 1. The van der Waals surface area contributed by atoms with E-state index < -0.39 is 5.60 Å². The highest BCUT2D eigenvalue weighted by Gasteiger charge is 2.49. The van der Waals surface area contributed by atoms with E-state index in [9.17, 15) is 4.79 Å². The van der Waals surface area contributed by atoms with Gasteiger partial charge in [0, 0.05) is 25.5 Å². The molecule has 2 bridgehead atoms. The minimum absolute atomic E-state index is 0.197. The van der Waals surface area contributed by atoms with Gasteiger partial charge < -0.3 is 9.64 Å². The largest absolute Gasteiger partial charge is 0.444 e. The molecular weight excluding hydrogens is 256 g/mol. The molecular formula is C14H20N4O2. The quantitative estimate of drug-likeness (QED) is 0.781. The van der Waals surface area contributed by atoms with Crippen molar-refractivity contribution < 1.29 is 9.53 Å². The van der Waals surface area contributed by atoms with Gasteiger partial charge in [-0.25, -0.2) is 9.78 Å². The van der Waals surface area contributed by atoms with E-state index in [1.807, 2.05) is 25.7 Å². The molecule has 3 aliphatic rings. The normalized spacial score (nSPS) is 25.1. The second-order valence-corrected chi connectivity index (χ2v) is 6.40. The summed E-state index contributed by atoms with van der Waals surface area (Å²) >= 11 is 0. The summed E-state index contributed by atoms with van der Waals surface area (Å²) in [4.78, 5) is 24.6. The zero-order valence-corrected chi connectivity index (χ0v) is 12.1. The number of piperidine rings is 1. The van der Waals surface area contributed by atoms with Gasteiger partial charge in [0.15, 0.2) is 0 Å². The third kappa shape index (κ3) is 2.42. The number of hydrogen-bond donors (Lipinski definition) is 0. The molecule has 0 spiro atoms. The first-order valence-electron chi connectivity index (χ1n) is 6.96. The molecule has 108 valence electrons. The van der Waals surface area contributed by atoms with E-state index in [2.05, 4.69) is 14.9 Å². The smallest absolute Gasteiger partial charge is 0.410 e. The highest BCUT2D eigenvalue weighted by molar-refractivity contribution is 5.71. The summed E-state index contributed by atoms with van der Waals surface area (Å²) in [6.07, 6.45) is 5.98. The number of fused-ring (bicyclic) bond motifs is 2. The molecule has 2 unspecified atom stereocenters. The van der Waals surface area contributed by atoms with Crippen LogP contribution in [0.1, 0.15) is 27.2 Å². The van der Waals surface area contributed by atoms with Crippen LogP contribution in [0.15, 0.2) is 18.6 Å². The molecule has 0 aromatic carbocycles. The van der Waals surface area contributed by atoms with E-state index in [1.165, 1.54) is 0 Å². The number of rotatable bonds is 1. The van der Waals surface area contributed by atoms with Gasteiger partial charge in [-0.15, -0.1) is 0 Å². The van der Waals surface area contributed by atoms with Crippen LogP contribution in [-0.4, -0.2) is 51.7 Å². The van der Waals surface area contributed by atoms with Crippen LogP contribution >= 0.6 is 0 Å². The Labute approximate surface area is 118 Å². The molecule has 0 saturated carbocycles. The topological polar surface area (TPSA) is 58.6 Å². The van der Waals surface area contributed by atoms with Crippen molar-refractivity contribution in [1.29, 1.82) is 0 Å². The molecule has 6 nitrogen and oxygen atoms in total. The molecule has 3 fully saturated rings. The molecule has 0 aliphatic carbocycles. The average Bonchev–Trinajstić information content (AvgIpc) is 2.37. The summed E-state index contributed by atoms with van der Waals surface area (Å²) < 4.78 is 5.46. The number of hydrogen-bond acceptors (Lipinski definition) is 5. The molecule has 1 aromatic heterocycles. The van der Waals surface area contributed by atoms with Gasteiger partial charge >= 0.3 is 6.09 Å². The van der Waals surface area contributed by atoms with Gasteiger partial charge in [0.1, 0.15) is 11.4 Å². The highest BCUT2D eigenvalue weighted by Crippen LogP contribution is 2.35. The van der Waals surface area contributed by atoms with Crippen molar-refractivity contribution in [3.63, 3.8) is 0 Å².